The van der Waals surface area contributed by atoms with Gasteiger partial charge < -0.3 is 15.8 Å². The van der Waals surface area contributed by atoms with E-state index < -0.39 is 0 Å². The first-order valence-electron chi connectivity index (χ1n) is 7.92. The molecule has 1 aliphatic rings. The van der Waals surface area contributed by atoms with Crippen molar-refractivity contribution in [2.75, 3.05) is 13.7 Å². The fraction of sp³-hybridized carbons (Fsp3) is 0.412. The van der Waals surface area contributed by atoms with Gasteiger partial charge in [0, 0.05) is 12.2 Å². The van der Waals surface area contributed by atoms with Gasteiger partial charge in [0.1, 0.15) is 5.75 Å². The van der Waals surface area contributed by atoms with E-state index in [0.29, 0.717) is 18.2 Å². The van der Waals surface area contributed by atoms with Crippen molar-refractivity contribution in [3.05, 3.63) is 42.2 Å². The average Bonchev–Trinajstić information content (AvgIpc) is 3.24. The van der Waals surface area contributed by atoms with Gasteiger partial charge in [-0.05, 0) is 55.6 Å². The van der Waals surface area contributed by atoms with Crippen LogP contribution in [-0.4, -0.2) is 35.4 Å². The minimum Gasteiger partial charge on any atom is -0.497 e. The van der Waals surface area contributed by atoms with Crippen molar-refractivity contribution in [2.24, 2.45) is 11.7 Å². The Morgan fingerprint density at radius 2 is 2.08 bits per heavy atom. The van der Waals surface area contributed by atoms with Crippen LogP contribution < -0.4 is 15.8 Å². The summed E-state index contributed by atoms with van der Waals surface area (Å²) in [4.78, 5) is 12.4. The van der Waals surface area contributed by atoms with Crippen molar-refractivity contribution < 1.29 is 9.53 Å². The molecule has 0 saturated heterocycles. The summed E-state index contributed by atoms with van der Waals surface area (Å²) in [7, 11) is 1.63. The number of methoxy groups -OCH3 is 1. The van der Waals surface area contributed by atoms with Gasteiger partial charge in [-0.15, -0.1) is 12.4 Å². The van der Waals surface area contributed by atoms with Crippen LogP contribution in [0.5, 0.6) is 5.75 Å². The monoisotopic (exact) mass is 350 g/mol. The summed E-state index contributed by atoms with van der Waals surface area (Å²) in [6.07, 6.45) is 4.98. The maximum atomic E-state index is 12.4. The van der Waals surface area contributed by atoms with Gasteiger partial charge in [-0.2, -0.15) is 5.10 Å². The fourth-order valence-corrected chi connectivity index (χ4v) is 3.08. The second kappa shape index (κ2) is 8.17. The normalized spacial score (nSPS) is 19.6. The highest BCUT2D eigenvalue weighted by Gasteiger charge is 2.28. The number of nitrogens with zero attached hydrogens (tertiary/aromatic N) is 2. The smallest absolute Gasteiger partial charge is 0.272 e. The van der Waals surface area contributed by atoms with Gasteiger partial charge in [0.15, 0.2) is 5.69 Å². The number of amides is 1. The number of hydrogen-bond acceptors (Lipinski definition) is 4. The number of nitrogens with one attached hydrogen (secondary N) is 1. The molecular formula is C17H23ClN4O2. The Morgan fingerprint density at radius 1 is 1.33 bits per heavy atom. The minimum atomic E-state index is -0.136. The Labute approximate surface area is 147 Å². The fourth-order valence-electron chi connectivity index (χ4n) is 3.08. The van der Waals surface area contributed by atoms with Crippen molar-refractivity contribution in [3.8, 4) is 11.4 Å². The summed E-state index contributed by atoms with van der Waals surface area (Å²) in [5.74, 6) is 1.03. The summed E-state index contributed by atoms with van der Waals surface area (Å²) in [5, 5.41) is 7.43. The first kappa shape index (κ1) is 18.3. The topological polar surface area (TPSA) is 82.2 Å². The summed E-state index contributed by atoms with van der Waals surface area (Å²) in [6, 6.07) is 9.41. The summed E-state index contributed by atoms with van der Waals surface area (Å²) >= 11 is 0. The maximum Gasteiger partial charge on any atom is 0.272 e. The van der Waals surface area contributed by atoms with Crippen LogP contribution >= 0.6 is 12.4 Å². The highest BCUT2D eigenvalue weighted by Crippen LogP contribution is 2.24. The Morgan fingerprint density at radius 3 is 2.75 bits per heavy atom. The minimum absolute atomic E-state index is 0. The van der Waals surface area contributed by atoms with Crippen LogP contribution in [0.4, 0.5) is 0 Å². The van der Waals surface area contributed by atoms with Crippen molar-refractivity contribution in [1.29, 1.82) is 0 Å². The molecule has 0 bridgehead atoms. The molecule has 2 atom stereocenters. The van der Waals surface area contributed by atoms with Crippen molar-refractivity contribution in [2.45, 2.75) is 25.3 Å². The molecule has 3 rings (SSSR count). The van der Waals surface area contributed by atoms with E-state index in [2.05, 4.69) is 10.4 Å². The first-order valence-corrected chi connectivity index (χ1v) is 7.92. The maximum absolute atomic E-state index is 12.4. The molecule has 1 saturated carbocycles. The molecule has 3 N–H and O–H groups in total. The zero-order chi connectivity index (χ0) is 16.2. The van der Waals surface area contributed by atoms with Crippen LogP contribution in [0.15, 0.2) is 36.5 Å². The van der Waals surface area contributed by atoms with Gasteiger partial charge in [0.05, 0.1) is 12.8 Å². The zero-order valence-electron chi connectivity index (χ0n) is 13.6. The van der Waals surface area contributed by atoms with Crippen LogP contribution in [0.3, 0.4) is 0 Å². The Balaban J connectivity index is 0.00000208. The highest BCUT2D eigenvalue weighted by atomic mass is 35.5. The van der Waals surface area contributed by atoms with E-state index in [1.165, 1.54) is 0 Å². The Hall–Kier alpha value is -2.05. The molecule has 1 heterocycles. The quantitative estimate of drug-likeness (QED) is 0.865. The largest absolute Gasteiger partial charge is 0.497 e. The number of rotatable bonds is 5. The molecule has 1 fully saturated rings. The zero-order valence-corrected chi connectivity index (χ0v) is 14.5. The van der Waals surface area contributed by atoms with Crippen LogP contribution in [0.2, 0.25) is 0 Å². The average molecular weight is 351 g/mol. The number of benzene rings is 1. The molecule has 1 aromatic heterocycles. The molecule has 0 radical (unpaired) electrons. The molecule has 7 heteroatoms. The molecule has 2 unspecified atom stereocenters. The SMILES string of the molecule is COc1ccc(-n2ccc(C(=O)NC3CCCC3CN)n2)cc1.Cl. The predicted molar refractivity (Wildman–Crippen MR) is 95.0 cm³/mol. The summed E-state index contributed by atoms with van der Waals surface area (Å²) in [6.45, 7) is 0.616. The van der Waals surface area contributed by atoms with Gasteiger partial charge in [-0.3, -0.25) is 4.79 Å². The van der Waals surface area contributed by atoms with E-state index in [4.69, 9.17) is 10.5 Å². The molecule has 24 heavy (non-hydrogen) atoms. The van der Waals surface area contributed by atoms with Crippen LogP contribution in [0.1, 0.15) is 29.8 Å². The predicted octanol–water partition coefficient (Wildman–Crippen LogP) is 2.16. The second-order valence-corrected chi connectivity index (χ2v) is 5.85. The Kier molecular flexibility index (Phi) is 6.23. The van der Waals surface area contributed by atoms with Gasteiger partial charge in [0.25, 0.3) is 5.91 Å². The number of hydrogen-bond donors (Lipinski definition) is 2. The van der Waals surface area contributed by atoms with Crippen LogP contribution in [0, 0.1) is 5.92 Å². The molecule has 0 aliphatic heterocycles. The standard InChI is InChI=1S/C17H22N4O2.ClH/c1-23-14-7-5-13(6-8-14)21-10-9-16(20-21)17(22)19-15-4-2-3-12(15)11-18;/h5-10,12,15H,2-4,11,18H2,1H3,(H,19,22);1H. The Bertz CT molecular complexity index is 671. The second-order valence-electron chi connectivity index (χ2n) is 5.85. The number of carbonyl (C=O) groups is 1. The molecule has 1 aromatic carbocycles. The number of nitrogens with two attached hydrogens (primary N) is 1. The lowest BCUT2D eigenvalue weighted by Gasteiger charge is -2.18. The third-order valence-corrected chi connectivity index (χ3v) is 4.44. The van der Waals surface area contributed by atoms with Crippen LogP contribution in [0.25, 0.3) is 5.69 Å². The van der Waals surface area contributed by atoms with Crippen molar-refractivity contribution >= 4 is 18.3 Å². The first-order chi connectivity index (χ1) is 11.2. The number of carbonyl (C=O) groups excluding carboxylic acids is 1. The molecule has 130 valence electrons. The number of halogens is 1. The lowest BCUT2D eigenvalue weighted by Crippen LogP contribution is -2.40. The molecule has 2 aromatic rings. The molecular weight excluding hydrogens is 328 g/mol. The highest BCUT2D eigenvalue weighted by molar-refractivity contribution is 5.92. The van der Waals surface area contributed by atoms with Gasteiger partial charge in [0.2, 0.25) is 0 Å². The lowest BCUT2D eigenvalue weighted by atomic mass is 10.0. The number of aromatic nitrogens is 2. The third kappa shape index (κ3) is 3.88. The molecule has 1 aliphatic carbocycles. The van der Waals surface area contributed by atoms with Gasteiger partial charge in [-0.25, -0.2) is 4.68 Å². The van der Waals surface area contributed by atoms with E-state index in [0.717, 1.165) is 30.7 Å². The van der Waals surface area contributed by atoms with E-state index in [1.54, 1.807) is 24.1 Å². The lowest BCUT2D eigenvalue weighted by molar-refractivity contribution is 0.0923. The van der Waals surface area contributed by atoms with E-state index in [1.807, 2.05) is 24.3 Å². The van der Waals surface area contributed by atoms with E-state index in [9.17, 15) is 4.79 Å². The molecule has 0 spiro atoms. The molecule has 1 amide bonds. The van der Waals surface area contributed by atoms with Crippen LogP contribution in [-0.2, 0) is 0 Å². The van der Waals surface area contributed by atoms with E-state index >= 15 is 0 Å². The van der Waals surface area contributed by atoms with Gasteiger partial charge >= 0.3 is 0 Å². The summed E-state index contributed by atoms with van der Waals surface area (Å²) < 4.78 is 6.82. The van der Waals surface area contributed by atoms with Gasteiger partial charge in [-0.1, -0.05) is 6.42 Å². The number of ether oxygens (including phenoxy) is 1. The van der Waals surface area contributed by atoms with Crippen molar-refractivity contribution in [1.82, 2.24) is 15.1 Å². The molecule has 6 nitrogen and oxygen atoms in total. The van der Waals surface area contributed by atoms with Crippen molar-refractivity contribution in [3.63, 3.8) is 0 Å². The summed E-state index contributed by atoms with van der Waals surface area (Å²) in [5.41, 5.74) is 7.06. The van der Waals surface area contributed by atoms with E-state index in [-0.39, 0.29) is 24.4 Å². The third-order valence-electron chi connectivity index (χ3n) is 4.44.